The summed E-state index contributed by atoms with van der Waals surface area (Å²) >= 11 is 4.06. The van der Waals surface area contributed by atoms with Crippen molar-refractivity contribution in [2.45, 2.75) is 40.5 Å². The Bertz CT molecular complexity index is 33.5. The van der Waals surface area contributed by atoms with Crippen molar-refractivity contribution in [2.24, 2.45) is 5.92 Å². The Morgan fingerprint density at radius 2 is 1.56 bits per heavy atom. The van der Waals surface area contributed by atoms with Crippen molar-refractivity contribution < 1.29 is 0 Å². The first-order valence-electron chi connectivity index (χ1n) is 3.79. The molecular weight excluding hydrogens is 128 g/mol. The third-order valence-electron chi connectivity index (χ3n) is 0.706. The summed E-state index contributed by atoms with van der Waals surface area (Å²) < 4.78 is 0. The molecule has 0 aromatic heterocycles. The van der Waals surface area contributed by atoms with Gasteiger partial charge in [-0.15, -0.1) is 0 Å². The summed E-state index contributed by atoms with van der Waals surface area (Å²) in [7, 11) is 0. The Morgan fingerprint density at radius 1 is 1.22 bits per heavy atom. The summed E-state index contributed by atoms with van der Waals surface area (Å²) in [6.45, 7) is 8.66. The maximum Gasteiger partial charge on any atom is -0.00955 e. The van der Waals surface area contributed by atoms with Gasteiger partial charge < -0.3 is 0 Å². The Kier molecular flexibility index (Phi) is 15.0. The minimum Gasteiger partial charge on any atom is -0.179 e. The van der Waals surface area contributed by atoms with Crippen molar-refractivity contribution in [2.75, 3.05) is 5.75 Å². The predicted octanol–water partition coefficient (Wildman–Crippen LogP) is 3.38. The molecule has 0 unspecified atom stereocenters. The lowest BCUT2D eigenvalue weighted by atomic mass is 10.2. The molecule has 9 heavy (non-hydrogen) atoms. The van der Waals surface area contributed by atoms with Crippen LogP contribution >= 0.6 is 12.6 Å². The van der Waals surface area contributed by atoms with Gasteiger partial charge in [0.05, 0.1) is 0 Å². The molecule has 0 rings (SSSR count). The van der Waals surface area contributed by atoms with E-state index in [9.17, 15) is 0 Å². The summed E-state index contributed by atoms with van der Waals surface area (Å²) in [5, 5.41) is 0. The van der Waals surface area contributed by atoms with Crippen LogP contribution in [0.4, 0.5) is 0 Å². The van der Waals surface area contributed by atoms with E-state index in [1.165, 1.54) is 12.8 Å². The third-order valence-corrected chi connectivity index (χ3v) is 0.965. The highest BCUT2D eigenvalue weighted by atomic mass is 32.1. The quantitative estimate of drug-likeness (QED) is 0.570. The zero-order valence-electron chi connectivity index (χ0n) is 7.15. The molecule has 0 amide bonds. The van der Waals surface area contributed by atoms with Crippen LogP contribution in [0.1, 0.15) is 40.5 Å². The van der Waals surface area contributed by atoms with Gasteiger partial charge in [0.15, 0.2) is 0 Å². The summed E-state index contributed by atoms with van der Waals surface area (Å²) in [4.78, 5) is 0. The molecule has 0 spiro atoms. The second kappa shape index (κ2) is 11.2. The summed E-state index contributed by atoms with van der Waals surface area (Å²) in [6, 6.07) is 0. The van der Waals surface area contributed by atoms with E-state index in [0.29, 0.717) is 0 Å². The summed E-state index contributed by atoms with van der Waals surface area (Å²) in [5.41, 5.74) is 0. The monoisotopic (exact) mass is 148 g/mol. The highest BCUT2D eigenvalue weighted by Gasteiger charge is 1.86. The van der Waals surface area contributed by atoms with Gasteiger partial charge in [0.1, 0.15) is 0 Å². The van der Waals surface area contributed by atoms with Gasteiger partial charge in [-0.1, -0.05) is 34.1 Å². The molecule has 0 nitrogen and oxygen atoms in total. The van der Waals surface area contributed by atoms with E-state index in [1.807, 2.05) is 0 Å². The fraction of sp³-hybridized carbons (Fsp3) is 1.00. The van der Waals surface area contributed by atoms with Crippen LogP contribution in [0.15, 0.2) is 0 Å². The second-order valence-electron chi connectivity index (χ2n) is 2.61. The van der Waals surface area contributed by atoms with E-state index in [0.717, 1.165) is 11.7 Å². The fourth-order valence-corrected chi connectivity index (χ4v) is 0.775. The Labute approximate surface area is 65.5 Å². The number of hydrogen-bond acceptors (Lipinski definition) is 1. The molecule has 0 radical (unpaired) electrons. The third kappa shape index (κ3) is 30.0. The summed E-state index contributed by atoms with van der Waals surface area (Å²) in [6.07, 6.45) is 2.49. The molecule has 0 aromatic carbocycles. The molecule has 0 aliphatic carbocycles. The lowest BCUT2D eigenvalue weighted by molar-refractivity contribution is 0.633. The van der Waals surface area contributed by atoms with Gasteiger partial charge in [-0.25, -0.2) is 0 Å². The Morgan fingerprint density at radius 3 is 1.56 bits per heavy atom. The zero-order chi connectivity index (χ0) is 7.70. The highest BCUT2D eigenvalue weighted by Crippen LogP contribution is 1.98. The van der Waals surface area contributed by atoms with Crippen molar-refractivity contribution in [3.63, 3.8) is 0 Å². The van der Waals surface area contributed by atoms with Crippen LogP contribution in [0.3, 0.4) is 0 Å². The number of hydrogen-bond donors (Lipinski definition) is 1. The van der Waals surface area contributed by atoms with Gasteiger partial charge in [0.2, 0.25) is 0 Å². The maximum absolute atomic E-state index is 4.06. The average molecular weight is 148 g/mol. The minimum absolute atomic E-state index is 0.822. The van der Waals surface area contributed by atoms with Crippen molar-refractivity contribution in [3.05, 3.63) is 0 Å². The Balaban J connectivity index is 0. The van der Waals surface area contributed by atoms with Crippen molar-refractivity contribution in [1.82, 2.24) is 0 Å². The molecule has 0 heterocycles. The van der Waals surface area contributed by atoms with Crippen LogP contribution in [0, 0.1) is 5.92 Å². The molecule has 0 aromatic rings. The van der Waals surface area contributed by atoms with Crippen molar-refractivity contribution >= 4 is 12.6 Å². The van der Waals surface area contributed by atoms with Crippen molar-refractivity contribution in [3.8, 4) is 0 Å². The second-order valence-corrected chi connectivity index (χ2v) is 3.06. The van der Waals surface area contributed by atoms with Gasteiger partial charge in [0.25, 0.3) is 0 Å². The topological polar surface area (TPSA) is 0 Å². The zero-order valence-corrected chi connectivity index (χ0v) is 8.04. The molecule has 0 saturated carbocycles. The molecule has 0 atom stereocenters. The first kappa shape index (κ1) is 12.1. The maximum atomic E-state index is 4.06. The largest absolute Gasteiger partial charge is 0.179 e. The highest BCUT2D eigenvalue weighted by molar-refractivity contribution is 7.80. The molecular formula is C8H20S. The normalized spacial score (nSPS) is 8.67. The van der Waals surface area contributed by atoms with Gasteiger partial charge in [-0.05, 0) is 18.1 Å². The van der Waals surface area contributed by atoms with E-state index >= 15 is 0 Å². The SMILES string of the molecule is CC(C)CCS.CCC. The van der Waals surface area contributed by atoms with E-state index in [4.69, 9.17) is 0 Å². The Hall–Kier alpha value is 0.350. The van der Waals surface area contributed by atoms with Gasteiger partial charge in [0, 0.05) is 0 Å². The molecule has 1 heteroatoms. The minimum atomic E-state index is 0.822. The van der Waals surface area contributed by atoms with E-state index in [1.54, 1.807) is 0 Å². The molecule has 0 N–H and O–H groups in total. The van der Waals surface area contributed by atoms with Crippen LogP contribution < -0.4 is 0 Å². The first-order valence-corrected chi connectivity index (χ1v) is 4.43. The smallest absolute Gasteiger partial charge is 0.00955 e. The average Bonchev–Trinajstić information content (AvgIpc) is 1.67. The first-order chi connectivity index (χ1) is 4.18. The molecule has 0 bridgehead atoms. The number of thiol groups is 1. The lowest BCUT2D eigenvalue weighted by Crippen LogP contribution is -1.85. The molecule has 0 fully saturated rings. The van der Waals surface area contributed by atoms with E-state index in [-0.39, 0.29) is 0 Å². The van der Waals surface area contributed by atoms with Crippen LogP contribution in [-0.2, 0) is 0 Å². The van der Waals surface area contributed by atoms with Crippen LogP contribution in [0.5, 0.6) is 0 Å². The number of rotatable bonds is 2. The molecule has 58 valence electrons. The van der Waals surface area contributed by atoms with Crippen LogP contribution in [-0.4, -0.2) is 5.75 Å². The van der Waals surface area contributed by atoms with Gasteiger partial charge in [-0.2, -0.15) is 12.6 Å². The van der Waals surface area contributed by atoms with Gasteiger partial charge in [-0.3, -0.25) is 0 Å². The lowest BCUT2D eigenvalue weighted by Gasteiger charge is -1.95. The van der Waals surface area contributed by atoms with Crippen LogP contribution in [0.25, 0.3) is 0 Å². The molecule has 0 saturated heterocycles. The predicted molar refractivity (Wildman–Crippen MR) is 49.3 cm³/mol. The van der Waals surface area contributed by atoms with E-state index < -0.39 is 0 Å². The fourth-order valence-electron chi connectivity index (χ4n) is 0.258. The van der Waals surface area contributed by atoms with E-state index in [2.05, 4.69) is 40.3 Å². The molecule has 0 aliphatic rings. The molecule has 0 aliphatic heterocycles. The van der Waals surface area contributed by atoms with Gasteiger partial charge >= 0.3 is 0 Å². The summed E-state index contributed by atoms with van der Waals surface area (Å²) in [5.74, 6) is 1.85. The van der Waals surface area contributed by atoms with Crippen molar-refractivity contribution in [1.29, 1.82) is 0 Å². The van der Waals surface area contributed by atoms with Crippen LogP contribution in [0.2, 0.25) is 0 Å². The standard InChI is InChI=1S/C5H12S.C3H8/c1-5(2)3-4-6;1-3-2/h5-6H,3-4H2,1-2H3;3H2,1-2H3.